The summed E-state index contributed by atoms with van der Waals surface area (Å²) in [4.78, 5) is 25.8. The number of halogens is 1. The maximum atomic E-state index is 12.6. The molecular weight excluding hydrogens is 414 g/mol. The molecule has 1 amide bonds. The second-order valence-corrected chi connectivity index (χ2v) is 8.27. The quantitative estimate of drug-likeness (QED) is 0.547. The van der Waals surface area contributed by atoms with Crippen molar-refractivity contribution >= 4 is 28.0 Å². The lowest BCUT2D eigenvalue weighted by atomic mass is 10.2. The Hall–Kier alpha value is -1.76. The predicted octanol–water partition coefficient (Wildman–Crippen LogP) is 4.68. The minimum Gasteiger partial charge on any atom is -0.492 e. The van der Waals surface area contributed by atoms with Crippen LogP contribution in [0.15, 0.2) is 22.7 Å². The third-order valence-corrected chi connectivity index (χ3v) is 4.77. The van der Waals surface area contributed by atoms with Crippen molar-refractivity contribution in [1.29, 1.82) is 0 Å². The number of hydrogen-bond acceptors (Lipinski definition) is 5. The zero-order valence-electron chi connectivity index (χ0n) is 16.4. The Morgan fingerprint density at radius 1 is 1.26 bits per heavy atom. The number of nitrogens with zero attached hydrogens (tertiary/aromatic N) is 1. The van der Waals surface area contributed by atoms with E-state index in [1.807, 2.05) is 39.0 Å². The molecule has 1 aromatic carbocycles. The van der Waals surface area contributed by atoms with Gasteiger partial charge >= 0.3 is 12.1 Å². The molecule has 0 aliphatic heterocycles. The first-order valence-corrected chi connectivity index (χ1v) is 10.1. The van der Waals surface area contributed by atoms with Gasteiger partial charge in [0.1, 0.15) is 11.4 Å². The van der Waals surface area contributed by atoms with Gasteiger partial charge in [0, 0.05) is 6.04 Å². The maximum Gasteiger partial charge on any atom is 0.410 e. The number of rotatable bonds is 8. The Labute approximate surface area is 169 Å². The zero-order valence-corrected chi connectivity index (χ0v) is 18.0. The van der Waals surface area contributed by atoms with Crippen LogP contribution >= 0.6 is 15.9 Å². The fourth-order valence-corrected chi connectivity index (χ4v) is 3.00. The Bertz CT molecular complexity index is 667. The summed E-state index contributed by atoms with van der Waals surface area (Å²) in [6.45, 7) is 8.40. The summed E-state index contributed by atoms with van der Waals surface area (Å²) in [5, 5.41) is 0. The molecule has 0 spiro atoms. The number of esters is 1. The fourth-order valence-electron chi connectivity index (χ4n) is 2.50. The van der Waals surface area contributed by atoms with Gasteiger partial charge in [-0.1, -0.05) is 12.1 Å². The second-order valence-electron chi connectivity index (χ2n) is 7.47. The van der Waals surface area contributed by atoms with E-state index in [0.29, 0.717) is 18.9 Å². The van der Waals surface area contributed by atoms with Gasteiger partial charge in [-0.15, -0.1) is 0 Å². The average molecular weight is 442 g/mol. The summed E-state index contributed by atoms with van der Waals surface area (Å²) in [6, 6.07) is 5.87. The molecule has 0 unspecified atom stereocenters. The summed E-state index contributed by atoms with van der Waals surface area (Å²) in [5.74, 6) is 0.353. The van der Waals surface area contributed by atoms with Crippen molar-refractivity contribution in [2.45, 2.75) is 65.1 Å². The lowest BCUT2D eigenvalue weighted by Crippen LogP contribution is -2.37. The maximum absolute atomic E-state index is 12.6. The molecule has 0 atom stereocenters. The molecule has 0 saturated heterocycles. The summed E-state index contributed by atoms with van der Waals surface area (Å²) >= 11 is 3.57. The van der Waals surface area contributed by atoms with Gasteiger partial charge in [0.25, 0.3) is 0 Å². The van der Waals surface area contributed by atoms with Crippen LogP contribution in [0, 0.1) is 0 Å². The largest absolute Gasteiger partial charge is 0.492 e. The molecule has 0 heterocycles. The number of hydrogen-bond donors (Lipinski definition) is 0. The van der Waals surface area contributed by atoms with E-state index in [4.69, 9.17) is 14.2 Å². The monoisotopic (exact) mass is 441 g/mol. The zero-order chi connectivity index (χ0) is 20.0. The van der Waals surface area contributed by atoms with Gasteiger partial charge in [0.05, 0.1) is 30.7 Å². The van der Waals surface area contributed by atoms with Crippen LogP contribution in [-0.4, -0.2) is 41.8 Å². The number of amides is 1. The van der Waals surface area contributed by atoms with Gasteiger partial charge in [-0.3, -0.25) is 4.79 Å². The van der Waals surface area contributed by atoms with Crippen molar-refractivity contribution in [2.75, 3.05) is 13.2 Å². The first-order valence-electron chi connectivity index (χ1n) is 9.26. The Morgan fingerprint density at radius 3 is 2.56 bits per heavy atom. The van der Waals surface area contributed by atoms with Gasteiger partial charge in [0.15, 0.2) is 0 Å². The van der Waals surface area contributed by atoms with Gasteiger partial charge in [0.2, 0.25) is 0 Å². The van der Waals surface area contributed by atoms with E-state index in [2.05, 4.69) is 15.9 Å². The van der Waals surface area contributed by atoms with Crippen molar-refractivity contribution in [1.82, 2.24) is 4.90 Å². The van der Waals surface area contributed by atoms with Crippen LogP contribution in [-0.2, 0) is 20.8 Å². The highest BCUT2D eigenvalue weighted by molar-refractivity contribution is 9.10. The summed E-state index contributed by atoms with van der Waals surface area (Å²) in [5.41, 5.74) is 0.404. The fraction of sp³-hybridized carbons (Fsp3) is 0.600. The van der Waals surface area contributed by atoms with Crippen molar-refractivity contribution in [3.63, 3.8) is 0 Å². The molecular formula is C20H28BrNO5. The SMILES string of the molecule is CCOC(=O)CCOc1cccc(CN(C(=O)OC(C)(C)C)C2CC2)c1Br. The molecule has 2 rings (SSSR count). The van der Waals surface area contributed by atoms with Crippen molar-refractivity contribution in [3.05, 3.63) is 28.2 Å². The molecule has 0 radical (unpaired) electrons. The van der Waals surface area contributed by atoms with Gasteiger partial charge in [-0.05, 0) is 68.1 Å². The van der Waals surface area contributed by atoms with E-state index in [1.54, 1.807) is 11.8 Å². The van der Waals surface area contributed by atoms with Gasteiger partial charge in [-0.2, -0.15) is 0 Å². The van der Waals surface area contributed by atoms with Crippen molar-refractivity contribution < 1.29 is 23.8 Å². The lowest BCUT2D eigenvalue weighted by Gasteiger charge is -2.28. The Balaban J connectivity index is 2.02. The minimum absolute atomic E-state index is 0.191. The summed E-state index contributed by atoms with van der Waals surface area (Å²) < 4.78 is 16.9. The van der Waals surface area contributed by atoms with Crippen LogP contribution in [0.1, 0.15) is 52.5 Å². The standard InChI is InChI=1S/C20H28BrNO5/c1-5-25-17(23)11-12-26-16-8-6-7-14(18(16)21)13-22(15-9-10-15)19(24)27-20(2,3)4/h6-8,15H,5,9-13H2,1-4H3. The molecule has 1 aliphatic carbocycles. The topological polar surface area (TPSA) is 65.1 Å². The van der Waals surface area contributed by atoms with Gasteiger partial charge in [-0.25, -0.2) is 4.79 Å². The van der Waals surface area contributed by atoms with Crippen LogP contribution in [0.5, 0.6) is 5.75 Å². The van der Waals surface area contributed by atoms with Crippen LogP contribution in [0.4, 0.5) is 4.79 Å². The molecule has 0 N–H and O–H groups in total. The highest BCUT2D eigenvalue weighted by Gasteiger charge is 2.35. The summed E-state index contributed by atoms with van der Waals surface area (Å²) in [7, 11) is 0. The molecule has 1 aromatic rings. The second kappa shape index (κ2) is 9.44. The average Bonchev–Trinajstić information content (AvgIpc) is 3.38. The van der Waals surface area contributed by atoms with Crippen LogP contribution in [0.3, 0.4) is 0 Å². The highest BCUT2D eigenvalue weighted by atomic mass is 79.9. The predicted molar refractivity (Wildman–Crippen MR) is 106 cm³/mol. The first-order chi connectivity index (χ1) is 12.7. The number of carbonyl (C=O) groups is 2. The molecule has 7 heteroatoms. The first kappa shape index (κ1) is 21.5. The minimum atomic E-state index is -0.528. The highest BCUT2D eigenvalue weighted by Crippen LogP contribution is 2.34. The lowest BCUT2D eigenvalue weighted by molar-refractivity contribution is -0.143. The van der Waals surface area contributed by atoms with E-state index in [9.17, 15) is 9.59 Å². The van der Waals surface area contributed by atoms with E-state index in [1.165, 1.54) is 0 Å². The third kappa shape index (κ3) is 7.05. The van der Waals surface area contributed by atoms with E-state index in [0.717, 1.165) is 22.9 Å². The molecule has 6 nitrogen and oxygen atoms in total. The smallest absolute Gasteiger partial charge is 0.410 e. The number of carbonyl (C=O) groups excluding carboxylic acids is 2. The van der Waals surface area contributed by atoms with Crippen LogP contribution < -0.4 is 4.74 Å². The molecule has 1 aliphatic rings. The molecule has 0 bridgehead atoms. The van der Waals surface area contributed by atoms with Crippen molar-refractivity contribution in [3.8, 4) is 5.75 Å². The van der Waals surface area contributed by atoms with Crippen LogP contribution in [0.2, 0.25) is 0 Å². The Kier molecular flexibility index (Phi) is 7.53. The van der Waals surface area contributed by atoms with E-state index >= 15 is 0 Å². The normalized spacial score (nSPS) is 13.8. The molecule has 1 fully saturated rings. The third-order valence-electron chi connectivity index (χ3n) is 3.87. The van der Waals surface area contributed by atoms with Gasteiger partial charge < -0.3 is 19.1 Å². The van der Waals surface area contributed by atoms with E-state index < -0.39 is 5.60 Å². The molecule has 0 aromatic heterocycles. The molecule has 27 heavy (non-hydrogen) atoms. The Morgan fingerprint density at radius 2 is 1.96 bits per heavy atom. The van der Waals surface area contributed by atoms with Crippen LogP contribution in [0.25, 0.3) is 0 Å². The van der Waals surface area contributed by atoms with Crippen molar-refractivity contribution in [2.24, 2.45) is 0 Å². The van der Waals surface area contributed by atoms with E-state index in [-0.39, 0.29) is 31.1 Å². The summed E-state index contributed by atoms with van der Waals surface area (Å²) in [6.07, 6.45) is 1.88. The number of ether oxygens (including phenoxy) is 3. The molecule has 1 saturated carbocycles. The molecule has 150 valence electrons. The number of benzene rings is 1.